The quantitative estimate of drug-likeness (QED) is 0.905. The van der Waals surface area contributed by atoms with Crippen molar-refractivity contribution < 1.29 is 13.9 Å². The van der Waals surface area contributed by atoms with Gasteiger partial charge in [-0.15, -0.1) is 0 Å². The minimum Gasteiger partial charge on any atom is -0.493 e. The average molecular weight is 294 g/mol. The van der Waals surface area contributed by atoms with E-state index in [2.05, 4.69) is 11.9 Å². The number of rotatable bonds is 5. The van der Waals surface area contributed by atoms with E-state index in [-0.39, 0.29) is 18.0 Å². The molecule has 0 spiro atoms. The molecule has 4 nitrogen and oxygen atoms in total. The summed E-state index contributed by atoms with van der Waals surface area (Å²) in [5, 5.41) is 0. The lowest BCUT2D eigenvalue weighted by atomic mass is 9.98. The van der Waals surface area contributed by atoms with Gasteiger partial charge in [0.2, 0.25) is 0 Å². The Labute approximate surface area is 125 Å². The zero-order valence-corrected chi connectivity index (χ0v) is 12.6. The summed E-state index contributed by atoms with van der Waals surface area (Å²) in [7, 11) is 3.61. The van der Waals surface area contributed by atoms with Crippen molar-refractivity contribution in [2.75, 3.05) is 27.2 Å². The molecule has 2 fully saturated rings. The molecule has 1 heterocycles. The summed E-state index contributed by atoms with van der Waals surface area (Å²) in [6.07, 6.45) is 3.30. The molecule has 2 aliphatic rings. The van der Waals surface area contributed by atoms with Crippen molar-refractivity contribution in [3.05, 3.63) is 23.5 Å². The Balaban J connectivity index is 1.97. The molecule has 1 saturated heterocycles. The van der Waals surface area contributed by atoms with Gasteiger partial charge in [0.1, 0.15) is 5.82 Å². The van der Waals surface area contributed by atoms with Crippen LogP contribution in [0.2, 0.25) is 0 Å². The number of nitrogens with two attached hydrogens (primary N) is 1. The van der Waals surface area contributed by atoms with E-state index in [9.17, 15) is 4.39 Å². The van der Waals surface area contributed by atoms with Gasteiger partial charge in [-0.25, -0.2) is 4.39 Å². The fraction of sp³-hybridized carbons (Fsp3) is 0.625. The van der Waals surface area contributed by atoms with Crippen molar-refractivity contribution in [2.24, 2.45) is 11.7 Å². The van der Waals surface area contributed by atoms with Crippen LogP contribution in [0.3, 0.4) is 0 Å². The van der Waals surface area contributed by atoms with E-state index in [1.807, 2.05) is 0 Å². The van der Waals surface area contributed by atoms with E-state index in [1.165, 1.54) is 6.07 Å². The van der Waals surface area contributed by atoms with Crippen molar-refractivity contribution in [2.45, 2.75) is 31.4 Å². The van der Waals surface area contributed by atoms with Gasteiger partial charge in [0.25, 0.3) is 0 Å². The molecule has 1 aromatic carbocycles. The fourth-order valence-electron chi connectivity index (χ4n) is 3.11. The second kappa shape index (κ2) is 5.81. The molecule has 2 atom stereocenters. The minimum absolute atomic E-state index is 0.136. The highest BCUT2D eigenvalue weighted by Crippen LogP contribution is 2.44. The summed E-state index contributed by atoms with van der Waals surface area (Å²) < 4.78 is 25.3. The van der Waals surface area contributed by atoms with Crippen LogP contribution in [0.1, 0.15) is 30.9 Å². The smallest absolute Gasteiger partial charge is 0.166 e. The Hall–Kier alpha value is -1.33. The number of methoxy groups -OCH3 is 1. The SMILES string of the molecule is COc1cc(F)cc(C2CC(CN)CN2C)c1OC1CC1. The lowest BCUT2D eigenvalue weighted by molar-refractivity contribution is 0.259. The monoisotopic (exact) mass is 294 g/mol. The van der Waals surface area contributed by atoms with Crippen LogP contribution in [0.25, 0.3) is 0 Å². The van der Waals surface area contributed by atoms with E-state index in [4.69, 9.17) is 15.2 Å². The first-order valence-electron chi connectivity index (χ1n) is 7.56. The van der Waals surface area contributed by atoms with E-state index < -0.39 is 0 Å². The Morgan fingerprint density at radius 2 is 2.14 bits per heavy atom. The van der Waals surface area contributed by atoms with Crippen LogP contribution in [0.4, 0.5) is 4.39 Å². The maximum absolute atomic E-state index is 13.9. The lowest BCUT2D eigenvalue weighted by Crippen LogP contribution is -2.21. The molecule has 0 aromatic heterocycles. The van der Waals surface area contributed by atoms with Gasteiger partial charge in [-0.05, 0) is 44.8 Å². The second-order valence-corrected chi connectivity index (χ2v) is 6.14. The van der Waals surface area contributed by atoms with Crippen molar-refractivity contribution in [1.82, 2.24) is 4.90 Å². The normalized spacial score (nSPS) is 26.1. The lowest BCUT2D eigenvalue weighted by Gasteiger charge is -2.24. The molecule has 0 amide bonds. The Bertz CT molecular complexity index is 519. The highest BCUT2D eigenvalue weighted by molar-refractivity contribution is 5.49. The number of likely N-dealkylation sites (tertiary alicyclic amines) is 1. The molecule has 21 heavy (non-hydrogen) atoms. The molecule has 1 aliphatic heterocycles. The summed E-state index contributed by atoms with van der Waals surface area (Å²) in [5.41, 5.74) is 6.68. The zero-order chi connectivity index (χ0) is 15.0. The van der Waals surface area contributed by atoms with Gasteiger partial charge < -0.3 is 15.2 Å². The van der Waals surface area contributed by atoms with Gasteiger partial charge in [-0.3, -0.25) is 4.90 Å². The molecule has 2 N–H and O–H groups in total. The van der Waals surface area contributed by atoms with Gasteiger partial charge in [-0.2, -0.15) is 0 Å². The zero-order valence-electron chi connectivity index (χ0n) is 12.6. The van der Waals surface area contributed by atoms with Crippen LogP contribution >= 0.6 is 0 Å². The van der Waals surface area contributed by atoms with Crippen molar-refractivity contribution in [3.8, 4) is 11.5 Å². The third kappa shape index (κ3) is 2.99. The number of hydrogen-bond acceptors (Lipinski definition) is 4. The molecule has 3 rings (SSSR count). The summed E-state index contributed by atoms with van der Waals surface area (Å²) in [6, 6.07) is 3.12. The van der Waals surface area contributed by atoms with Gasteiger partial charge in [0.15, 0.2) is 11.5 Å². The predicted octanol–water partition coefficient (Wildman–Crippen LogP) is 2.33. The standard InChI is InChI=1S/C16H23FN2O2/c1-19-9-10(8-18)5-14(19)13-6-11(17)7-15(20-2)16(13)21-12-3-4-12/h6-7,10,12,14H,3-5,8-9,18H2,1-2H3. The number of halogens is 1. The molecular formula is C16H23FN2O2. The maximum Gasteiger partial charge on any atom is 0.166 e. The summed E-state index contributed by atoms with van der Waals surface area (Å²) in [4.78, 5) is 2.23. The molecule has 1 aromatic rings. The van der Waals surface area contributed by atoms with Crippen LogP contribution in [-0.4, -0.2) is 38.3 Å². The van der Waals surface area contributed by atoms with Crippen molar-refractivity contribution in [1.29, 1.82) is 0 Å². The average Bonchev–Trinajstić information content (AvgIpc) is 3.21. The molecule has 5 heteroatoms. The van der Waals surface area contributed by atoms with E-state index in [1.54, 1.807) is 13.2 Å². The molecule has 0 bridgehead atoms. The first-order chi connectivity index (χ1) is 10.1. The molecule has 0 radical (unpaired) electrons. The molecule has 1 aliphatic carbocycles. The predicted molar refractivity (Wildman–Crippen MR) is 79.1 cm³/mol. The fourth-order valence-corrected chi connectivity index (χ4v) is 3.11. The van der Waals surface area contributed by atoms with Crippen LogP contribution in [0.15, 0.2) is 12.1 Å². The number of hydrogen-bond donors (Lipinski definition) is 1. The highest BCUT2D eigenvalue weighted by Gasteiger charge is 2.35. The third-order valence-corrected chi connectivity index (χ3v) is 4.40. The Kier molecular flexibility index (Phi) is 4.04. The third-order valence-electron chi connectivity index (χ3n) is 4.40. The summed E-state index contributed by atoms with van der Waals surface area (Å²) in [6.45, 7) is 1.59. The minimum atomic E-state index is -0.283. The van der Waals surface area contributed by atoms with Crippen molar-refractivity contribution in [3.63, 3.8) is 0 Å². The number of benzene rings is 1. The highest BCUT2D eigenvalue weighted by atomic mass is 19.1. The summed E-state index contributed by atoms with van der Waals surface area (Å²) >= 11 is 0. The topological polar surface area (TPSA) is 47.7 Å². The molecular weight excluding hydrogens is 271 g/mol. The van der Waals surface area contributed by atoms with Crippen molar-refractivity contribution >= 4 is 0 Å². The Morgan fingerprint density at radius 1 is 1.38 bits per heavy atom. The van der Waals surface area contributed by atoms with E-state index >= 15 is 0 Å². The first-order valence-corrected chi connectivity index (χ1v) is 7.56. The molecule has 1 saturated carbocycles. The van der Waals surface area contributed by atoms with E-state index in [0.29, 0.717) is 24.0 Å². The molecule has 2 unspecified atom stereocenters. The van der Waals surface area contributed by atoms with Crippen LogP contribution in [0, 0.1) is 11.7 Å². The van der Waals surface area contributed by atoms with Gasteiger partial charge in [-0.1, -0.05) is 0 Å². The summed E-state index contributed by atoms with van der Waals surface area (Å²) in [5.74, 6) is 1.36. The maximum atomic E-state index is 13.9. The molecule has 116 valence electrons. The van der Waals surface area contributed by atoms with E-state index in [0.717, 1.165) is 31.4 Å². The van der Waals surface area contributed by atoms with Gasteiger partial charge >= 0.3 is 0 Å². The van der Waals surface area contributed by atoms with Crippen LogP contribution in [0.5, 0.6) is 11.5 Å². The van der Waals surface area contributed by atoms with Crippen LogP contribution in [-0.2, 0) is 0 Å². The van der Waals surface area contributed by atoms with Gasteiger partial charge in [0.05, 0.1) is 13.2 Å². The Morgan fingerprint density at radius 3 is 2.71 bits per heavy atom. The first kappa shape index (κ1) is 14.6. The second-order valence-electron chi connectivity index (χ2n) is 6.14. The largest absolute Gasteiger partial charge is 0.493 e. The van der Waals surface area contributed by atoms with Crippen LogP contribution < -0.4 is 15.2 Å². The van der Waals surface area contributed by atoms with Gasteiger partial charge in [0, 0.05) is 24.2 Å². The number of ether oxygens (including phenoxy) is 2. The number of nitrogens with zero attached hydrogens (tertiary/aromatic N) is 1.